The molecule has 0 saturated carbocycles. The van der Waals surface area contributed by atoms with Crippen molar-refractivity contribution in [3.8, 4) is 0 Å². The number of aromatic nitrogens is 1. The Morgan fingerprint density at radius 2 is 2.19 bits per heavy atom. The number of rotatable bonds is 2. The van der Waals surface area contributed by atoms with Crippen LogP contribution in [0.15, 0.2) is 18.3 Å². The number of ether oxygens (including phenoxy) is 3. The summed E-state index contributed by atoms with van der Waals surface area (Å²) in [6.07, 6.45) is 1.54. The molecule has 0 bridgehead atoms. The van der Waals surface area contributed by atoms with Crippen molar-refractivity contribution in [2.75, 3.05) is 20.3 Å². The highest BCUT2D eigenvalue weighted by molar-refractivity contribution is 5.89. The Kier molecular flexibility index (Phi) is 2.89. The van der Waals surface area contributed by atoms with E-state index >= 15 is 0 Å². The molecule has 0 spiro atoms. The number of hydrogen-bond donors (Lipinski definition) is 0. The first-order chi connectivity index (χ1) is 7.65. The third kappa shape index (κ3) is 1.91. The van der Waals surface area contributed by atoms with Gasteiger partial charge in [0.25, 0.3) is 0 Å². The van der Waals surface area contributed by atoms with Gasteiger partial charge in [-0.2, -0.15) is 0 Å². The number of methoxy groups -OCH3 is 1. The third-order valence-corrected chi connectivity index (χ3v) is 2.48. The largest absolute Gasteiger partial charge is 0.465 e. The van der Waals surface area contributed by atoms with E-state index in [1.54, 1.807) is 19.1 Å². The normalized spacial score (nSPS) is 18.4. The van der Waals surface area contributed by atoms with E-state index in [9.17, 15) is 4.79 Å². The van der Waals surface area contributed by atoms with Gasteiger partial charge in [0.2, 0.25) is 5.79 Å². The Morgan fingerprint density at radius 1 is 1.50 bits per heavy atom. The summed E-state index contributed by atoms with van der Waals surface area (Å²) in [5.74, 6) is -1.26. The average Bonchev–Trinajstić information content (AvgIpc) is 2.77. The van der Waals surface area contributed by atoms with Crippen LogP contribution in [0.25, 0.3) is 0 Å². The molecule has 5 nitrogen and oxygen atoms in total. The fourth-order valence-electron chi connectivity index (χ4n) is 1.59. The SMILES string of the molecule is COC(=O)c1ccnc(C2(C)OCCO2)c1. The van der Waals surface area contributed by atoms with Crippen molar-refractivity contribution < 1.29 is 19.0 Å². The van der Waals surface area contributed by atoms with Gasteiger partial charge in [-0.3, -0.25) is 4.98 Å². The molecule has 0 aliphatic carbocycles. The van der Waals surface area contributed by atoms with E-state index in [1.165, 1.54) is 13.3 Å². The van der Waals surface area contributed by atoms with E-state index in [-0.39, 0.29) is 0 Å². The fourth-order valence-corrected chi connectivity index (χ4v) is 1.59. The summed E-state index contributed by atoms with van der Waals surface area (Å²) in [7, 11) is 1.34. The van der Waals surface area contributed by atoms with Gasteiger partial charge in [0.1, 0.15) is 0 Å². The molecule has 86 valence electrons. The zero-order valence-electron chi connectivity index (χ0n) is 9.23. The molecule has 0 radical (unpaired) electrons. The summed E-state index contributed by atoms with van der Waals surface area (Å²) in [4.78, 5) is 15.5. The Labute approximate surface area is 93.3 Å². The van der Waals surface area contributed by atoms with E-state index < -0.39 is 11.8 Å². The van der Waals surface area contributed by atoms with Crippen LogP contribution in [0.1, 0.15) is 23.0 Å². The third-order valence-electron chi connectivity index (χ3n) is 2.48. The predicted molar refractivity (Wildman–Crippen MR) is 54.8 cm³/mol. The van der Waals surface area contributed by atoms with Crippen molar-refractivity contribution in [2.45, 2.75) is 12.7 Å². The van der Waals surface area contributed by atoms with Gasteiger partial charge in [0.05, 0.1) is 31.6 Å². The summed E-state index contributed by atoms with van der Waals surface area (Å²) in [6, 6.07) is 3.21. The molecule has 0 amide bonds. The summed E-state index contributed by atoms with van der Waals surface area (Å²) in [5, 5.41) is 0. The quantitative estimate of drug-likeness (QED) is 0.702. The molecular formula is C11H13NO4. The zero-order chi connectivity index (χ0) is 11.6. The number of carbonyl (C=O) groups is 1. The molecule has 0 aromatic carbocycles. The van der Waals surface area contributed by atoms with Gasteiger partial charge in [-0.1, -0.05) is 0 Å². The van der Waals surface area contributed by atoms with Crippen LogP contribution < -0.4 is 0 Å². The van der Waals surface area contributed by atoms with Crippen LogP contribution in [-0.2, 0) is 20.0 Å². The molecule has 2 rings (SSSR count). The van der Waals surface area contributed by atoms with Gasteiger partial charge < -0.3 is 14.2 Å². The van der Waals surface area contributed by atoms with Gasteiger partial charge in [-0.25, -0.2) is 4.79 Å². The Balaban J connectivity index is 2.32. The second-order valence-electron chi connectivity index (χ2n) is 3.56. The molecule has 2 heterocycles. The monoisotopic (exact) mass is 223 g/mol. The highest BCUT2D eigenvalue weighted by atomic mass is 16.7. The fraction of sp³-hybridized carbons (Fsp3) is 0.455. The van der Waals surface area contributed by atoms with Crippen molar-refractivity contribution in [3.63, 3.8) is 0 Å². The lowest BCUT2D eigenvalue weighted by Gasteiger charge is -2.21. The molecule has 16 heavy (non-hydrogen) atoms. The summed E-state index contributed by atoms with van der Waals surface area (Å²) >= 11 is 0. The van der Waals surface area contributed by atoms with E-state index in [0.717, 1.165) is 0 Å². The average molecular weight is 223 g/mol. The summed E-state index contributed by atoms with van der Waals surface area (Å²) in [5.41, 5.74) is 1.01. The number of pyridine rings is 1. The zero-order valence-corrected chi connectivity index (χ0v) is 9.23. The van der Waals surface area contributed by atoms with Gasteiger partial charge >= 0.3 is 5.97 Å². The lowest BCUT2D eigenvalue weighted by molar-refractivity contribution is -0.152. The lowest BCUT2D eigenvalue weighted by Crippen LogP contribution is -2.24. The van der Waals surface area contributed by atoms with Crippen LogP contribution in [0.3, 0.4) is 0 Å². The second-order valence-corrected chi connectivity index (χ2v) is 3.56. The van der Waals surface area contributed by atoms with Crippen molar-refractivity contribution in [3.05, 3.63) is 29.6 Å². The number of nitrogens with zero attached hydrogens (tertiary/aromatic N) is 1. The maximum absolute atomic E-state index is 11.4. The molecule has 0 atom stereocenters. The molecule has 1 aromatic heterocycles. The molecule has 1 fully saturated rings. The topological polar surface area (TPSA) is 57.7 Å². The highest BCUT2D eigenvalue weighted by Crippen LogP contribution is 2.29. The van der Waals surface area contributed by atoms with Crippen LogP contribution in [0.4, 0.5) is 0 Å². The van der Waals surface area contributed by atoms with Crippen LogP contribution in [0.2, 0.25) is 0 Å². The maximum atomic E-state index is 11.4. The van der Waals surface area contributed by atoms with Crippen molar-refractivity contribution >= 4 is 5.97 Å². The molecule has 1 aliphatic heterocycles. The smallest absolute Gasteiger partial charge is 0.337 e. The second kappa shape index (κ2) is 4.19. The molecule has 1 aromatic rings. The first kappa shape index (κ1) is 11.0. The van der Waals surface area contributed by atoms with Crippen LogP contribution >= 0.6 is 0 Å². The van der Waals surface area contributed by atoms with Gasteiger partial charge in [-0.05, 0) is 19.1 Å². The summed E-state index contributed by atoms with van der Waals surface area (Å²) < 4.78 is 15.6. The molecule has 0 unspecified atom stereocenters. The van der Waals surface area contributed by atoms with Gasteiger partial charge in [-0.15, -0.1) is 0 Å². The van der Waals surface area contributed by atoms with E-state index in [4.69, 9.17) is 9.47 Å². The van der Waals surface area contributed by atoms with Crippen molar-refractivity contribution in [2.24, 2.45) is 0 Å². The van der Waals surface area contributed by atoms with E-state index in [1.807, 2.05) is 0 Å². The molecule has 1 saturated heterocycles. The minimum Gasteiger partial charge on any atom is -0.465 e. The predicted octanol–water partition coefficient (Wildman–Crippen LogP) is 1.09. The van der Waals surface area contributed by atoms with Gasteiger partial charge in [0.15, 0.2) is 0 Å². The Morgan fingerprint density at radius 3 is 2.81 bits per heavy atom. The van der Waals surface area contributed by atoms with Crippen LogP contribution in [0.5, 0.6) is 0 Å². The highest BCUT2D eigenvalue weighted by Gasteiger charge is 2.35. The van der Waals surface area contributed by atoms with E-state index in [2.05, 4.69) is 9.72 Å². The van der Waals surface area contributed by atoms with Crippen LogP contribution in [0, 0.1) is 0 Å². The number of esters is 1. The Bertz CT molecular complexity index is 399. The standard InChI is InChI=1S/C11H13NO4/c1-11(15-5-6-16-11)9-7-8(3-4-12-9)10(13)14-2/h3-4,7H,5-6H2,1-2H3. The Hall–Kier alpha value is -1.46. The molecular weight excluding hydrogens is 210 g/mol. The molecule has 5 heteroatoms. The molecule has 1 aliphatic rings. The molecule has 0 N–H and O–H groups in total. The first-order valence-corrected chi connectivity index (χ1v) is 4.98. The minimum atomic E-state index is -0.857. The maximum Gasteiger partial charge on any atom is 0.337 e. The van der Waals surface area contributed by atoms with Crippen molar-refractivity contribution in [1.82, 2.24) is 4.98 Å². The number of hydrogen-bond acceptors (Lipinski definition) is 5. The van der Waals surface area contributed by atoms with Crippen LogP contribution in [-0.4, -0.2) is 31.3 Å². The number of carbonyl (C=O) groups excluding carboxylic acids is 1. The minimum absolute atomic E-state index is 0.398. The van der Waals surface area contributed by atoms with Gasteiger partial charge in [0, 0.05) is 6.20 Å². The van der Waals surface area contributed by atoms with E-state index in [0.29, 0.717) is 24.5 Å². The first-order valence-electron chi connectivity index (χ1n) is 4.98. The van der Waals surface area contributed by atoms with Crippen molar-refractivity contribution in [1.29, 1.82) is 0 Å². The summed E-state index contributed by atoms with van der Waals surface area (Å²) in [6.45, 7) is 2.84. The lowest BCUT2D eigenvalue weighted by atomic mass is 10.1.